The lowest BCUT2D eigenvalue weighted by molar-refractivity contribution is -0.121. The van der Waals surface area contributed by atoms with Crippen LogP contribution < -0.4 is 10.5 Å². The lowest BCUT2D eigenvalue weighted by atomic mass is 10.3. The highest BCUT2D eigenvalue weighted by atomic mass is 32.2. The van der Waals surface area contributed by atoms with E-state index in [1.54, 1.807) is 0 Å². The summed E-state index contributed by atoms with van der Waals surface area (Å²) in [6, 6.07) is 2.41. The molecule has 9 heteroatoms. The van der Waals surface area contributed by atoms with Crippen LogP contribution in [0.1, 0.15) is 0 Å². The Bertz CT molecular complexity index is 513. The van der Waals surface area contributed by atoms with Crippen LogP contribution in [0.2, 0.25) is 0 Å². The molecule has 0 heterocycles. The molecule has 1 aromatic carbocycles. The van der Waals surface area contributed by atoms with Gasteiger partial charge in [0.1, 0.15) is 17.3 Å². The normalized spacial score (nSPS) is 12.7. The predicted molar refractivity (Wildman–Crippen MR) is 52.1 cm³/mol. The van der Waals surface area contributed by atoms with E-state index in [0.717, 1.165) is 12.1 Å². The molecule has 0 radical (unpaired) electrons. The zero-order valence-electron chi connectivity index (χ0n) is 8.25. The largest absolute Gasteiger partial charge is 0.402 e. The molecule has 0 bridgehead atoms. The molecule has 1 rings (SSSR count). The number of nitrogen functional groups attached to an aromatic ring is 1. The van der Waals surface area contributed by atoms with Crippen molar-refractivity contribution < 1.29 is 26.0 Å². The number of halogens is 4. The first-order chi connectivity index (χ1) is 7.62. The summed E-state index contributed by atoms with van der Waals surface area (Å²) in [6.45, 7) is -1.74. The van der Waals surface area contributed by atoms with E-state index in [0.29, 0.717) is 6.07 Å². The van der Waals surface area contributed by atoms with Crippen LogP contribution in [0.5, 0.6) is 0 Å². The van der Waals surface area contributed by atoms with Crippen molar-refractivity contribution in [1.82, 2.24) is 4.72 Å². The van der Waals surface area contributed by atoms with E-state index in [1.165, 1.54) is 4.72 Å². The highest BCUT2D eigenvalue weighted by Crippen LogP contribution is 2.20. The van der Waals surface area contributed by atoms with Gasteiger partial charge in [0.05, 0.1) is 5.69 Å². The molecule has 0 aliphatic carbocycles. The molecule has 0 spiro atoms. The quantitative estimate of drug-likeness (QED) is 0.642. The summed E-state index contributed by atoms with van der Waals surface area (Å²) in [5.41, 5.74) is 4.92. The van der Waals surface area contributed by atoms with Crippen LogP contribution in [0.15, 0.2) is 23.1 Å². The second-order valence-corrected chi connectivity index (χ2v) is 4.86. The van der Waals surface area contributed by atoms with E-state index < -0.39 is 33.5 Å². The monoisotopic (exact) mass is 272 g/mol. The number of nitrogens with one attached hydrogen (secondary N) is 1. The van der Waals surface area contributed by atoms with E-state index in [4.69, 9.17) is 5.73 Å². The molecule has 3 N–H and O–H groups in total. The Morgan fingerprint density at radius 3 is 2.41 bits per heavy atom. The third-order valence-electron chi connectivity index (χ3n) is 1.73. The Hall–Kier alpha value is -1.35. The summed E-state index contributed by atoms with van der Waals surface area (Å²) in [4.78, 5) is -0.721. The molecule has 96 valence electrons. The smallest absolute Gasteiger partial charge is 0.398 e. The first-order valence-electron chi connectivity index (χ1n) is 4.23. The Balaban J connectivity index is 3.02. The molecule has 0 saturated heterocycles. The van der Waals surface area contributed by atoms with Crippen molar-refractivity contribution in [2.45, 2.75) is 11.1 Å². The van der Waals surface area contributed by atoms with Crippen molar-refractivity contribution in [2.75, 3.05) is 12.3 Å². The summed E-state index contributed by atoms with van der Waals surface area (Å²) in [7, 11) is -4.48. The maximum atomic E-state index is 12.8. The maximum Gasteiger partial charge on any atom is 0.402 e. The molecule has 0 aliphatic rings. The number of alkyl halides is 3. The third-order valence-corrected chi connectivity index (χ3v) is 3.18. The van der Waals surface area contributed by atoms with Crippen molar-refractivity contribution in [2.24, 2.45) is 0 Å². The number of nitrogens with two attached hydrogens (primary N) is 1. The van der Waals surface area contributed by atoms with Crippen LogP contribution in [-0.4, -0.2) is 21.1 Å². The molecule has 0 aromatic heterocycles. The summed E-state index contributed by atoms with van der Waals surface area (Å²) in [5, 5.41) is 0. The van der Waals surface area contributed by atoms with Gasteiger partial charge in [-0.25, -0.2) is 17.5 Å². The average molecular weight is 272 g/mol. The molecule has 0 saturated carbocycles. The van der Waals surface area contributed by atoms with Gasteiger partial charge in [0.15, 0.2) is 0 Å². The molecular weight excluding hydrogens is 264 g/mol. The van der Waals surface area contributed by atoms with Gasteiger partial charge >= 0.3 is 6.18 Å². The van der Waals surface area contributed by atoms with Crippen molar-refractivity contribution in [3.63, 3.8) is 0 Å². The van der Waals surface area contributed by atoms with Crippen molar-refractivity contribution >= 4 is 15.7 Å². The minimum atomic E-state index is -4.70. The van der Waals surface area contributed by atoms with E-state index in [-0.39, 0.29) is 5.69 Å². The van der Waals surface area contributed by atoms with E-state index in [2.05, 4.69) is 0 Å². The van der Waals surface area contributed by atoms with Crippen molar-refractivity contribution in [3.8, 4) is 0 Å². The zero-order valence-corrected chi connectivity index (χ0v) is 9.07. The van der Waals surface area contributed by atoms with Gasteiger partial charge in [-0.1, -0.05) is 0 Å². The fourth-order valence-corrected chi connectivity index (χ4v) is 2.15. The predicted octanol–water partition coefficient (Wildman–Crippen LogP) is 1.25. The Kier molecular flexibility index (Phi) is 3.62. The topological polar surface area (TPSA) is 72.2 Å². The second-order valence-electron chi connectivity index (χ2n) is 3.12. The van der Waals surface area contributed by atoms with E-state index in [1.807, 2.05) is 0 Å². The Morgan fingerprint density at radius 1 is 1.29 bits per heavy atom. The maximum absolute atomic E-state index is 12.8. The van der Waals surface area contributed by atoms with Crippen LogP contribution in [0.3, 0.4) is 0 Å². The van der Waals surface area contributed by atoms with Crippen LogP contribution in [0.25, 0.3) is 0 Å². The van der Waals surface area contributed by atoms with E-state index in [9.17, 15) is 26.0 Å². The number of anilines is 1. The molecular formula is C8H8F4N2O2S. The number of hydrogen-bond donors (Lipinski definition) is 2. The fraction of sp³-hybridized carbons (Fsp3) is 0.250. The standard InChI is InChI=1S/C8H8F4N2O2S/c9-5-1-2-6(13)7(3-5)17(15,16)14-4-8(10,11)12/h1-3,14H,4,13H2. The number of hydrogen-bond acceptors (Lipinski definition) is 3. The Labute approximate surface area is 94.5 Å². The van der Waals surface area contributed by atoms with Crippen LogP contribution in [0.4, 0.5) is 23.2 Å². The van der Waals surface area contributed by atoms with Crippen molar-refractivity contribution in [1.29, 1.82) is 0 Å². The second kappa shape index (κ2) is 4.49. The summed E-state index contributed by atoms with van der Waals surface area (Å²) < 4.78 is 72.4. The molecule has 0 atom stereocenters. The fourth-order valence-electron chi connectivity index (χ4n) is 0.996. The summed E-state index contributed by atoms with van der Waals surface area (Å²) >= 11 is 0. The first-order valence-corrected chi connectivity index (χ1v) is 5.71. The third kappa shape index (κ3) is 3.86. The minimum absolute atomic E-state index is 0.332. The molecule has 1 aromatic rings. The molecule has 4 nitrogen and oxygen atoms in total. The number of rotatable bonds is 3. The van der Waals surface area contributed by atoms with Crippen LogP contribution >= 0.6 is 0 Å². The molecule has 17 heavy (non-hydrogen) atoms. The lowest BCUT2D eigenvalue weighted by Gasteiger charge is -2.10. The van der Waals surface area contributed by atoms with Gasteiger partial charge in [0.25, 0.3) is 0 Å². The zero-order chi connectivity index (χ0) is 13.3. The Morgan fingerprint density at radius 2 is 1.88 bits per heavy atom. The number of sulfonamides is 1. The van der Waals surface area contributed by atoms with Crippen molar-refractivity contribution in [3.05, 3.63) is 24.0 Å². The molecule has 0 unspecified atom stereocenters. The SMILES string of the molecule is Nc1ccc(F)cc1S(=O)(=O)NCC(F)(F)F. The molecule has 0 aliphatic heterocycles. The summed E-state index contributed by atoms with van der Waals surface area (Å²) in [5.74, 6) is -0.911. The van der Waals surface area contributed by atoms with Gasteiger partial charge in [-0.15, -0.1) is 0 Å². The average Bonchev–Trinajstić information content (AvgIpc) is 2.18. The van der Waals surface area contributed by atoms with Crippen LogP contribution in [0, 0.1) is 5.82 Å². The van der Waals surface area contributed by atoms with Gasteiger partial charge in [-0.3, -0.25) is 0 Å². The lowest BCUT2D eigenvalue weighted by Crippen LogP contribution is -2.34. The van der Waals surface area contributed by atoms with Gasteiger partial charge in [-0.2, -0.15) is 13.2 Å². The summed E-state index contributed by atoms with van der Waals surface area (Å²) in [6.07, 6.45) is -4.70. The number of benzene rings is 1. The van der Waals surface area contributed by atoms with Gasteiger partial charge in [0.2, 0.25) is 10.0 Å². The van der Waals surface area contributed by atoms with Gasteiger partial charge in [-0.05, 0) is 18.2 Å². The first kappa shape index (κ1) is 13.7. The van der Waals surface area contributed by atoms with Crippen LogP contribution in [-0.2, 0) is 10.0 Å². The minimum Gasteiger partial charge on any atom is -0.398 e. The highest BCUT2D eigenvalue weighted by molar-refractivity contribution is 7.89. The highest BCUT2D eigenvalue weighted by Gasteiger charge is 2.30. The van der Waals surface area contributed by atoms with Gasteiger partial charge < -0.3 is 5.73 Å². The van der Waals surface area contributed by atoms with E-state index >= 15 is 0 Å². The van der Waals surface area contributed by atoms with Gasteiger partial charge in [0, 0.05) is 0 Å². The molecule has 0 fully saturated rings. The molecule has 0 amide bonds.